The molecule has 9 nitrogen and oxygen atoms in total. The van der Waals surface area contributed by atoms with Gasteiger partial charge in [-0.3, -0.25) is 9.20 Å². The summed E-state index contributed by atoms with van der Waals surface area (Å²) in [4.78, 5) is 19.9. The lowest BCUT2D eigenvalue weighted by Crippen LogP contribution is -2.33. The van der Waals surface area contributed by atoms with Crippen LogP contribution >= 0.6 is 0 Å². The lowest BCUT2D eigenvalue weighted by atomic mass is 10.1. The molecule has 3 aromatic rings. The van der Waals surface area contributed by atoms with Crippen LogP contribution in [0.25, 0.3) is 5.65 Å². The average molecular weight is 483 g/mol. The Morgan fingerprint density at radius 3 is 2.49 bits per heavy atom. The molecule has 1 aromatic carbocycles. The van der Waals surface area contributed by atoms with Gasteiger partial charge in [0.2, 0.25) is 5.75 Å². The highest BCUT2D eigenvalue weighted by Crippen LogP contribution is 2.32. The number of aromatic nitrogens is 2. The number of rotatable bonds is 10. The molecule has 1 N–H and O–H groups in total. The maximum Gasteiger partial charge on any atom is 0.300 e. The number of fused-ring (bicyclic) bond motifs is 1. The second-order valence-electron chi connectivity index (χ2n) is 8.80. The van der Waals surface area contributed by atoms with Crippen molar-refractivity contribution in [1.82, 2.24) is 14.7 Å². The molecule has 4 rings (SSSR count). The molecule has 1 fully saturated rings. The highest BCUT2D eigenvalue weighted by molar-refractivity contribution is 5.67. The van der Waals surface area contributed by atoms with Crippen molar-refractivity contribution in [3.05, 3.63) is 53.1 Å². The first-order chi connectivity index (χ1) is 17.0. The Bertz CT molecular complexity index is 1170. The van der Waals surface area contributed by atoms with Crippen molar-refractivity contribution in [2.75, 3.05) is 45.4 Å². The number of ether oxygens (including phenoxy) is 4. The summed E-state index contributed by atoms with van der Waals surface area (Å²) in [6, 6.07) is 9.90. The maximum atomic E-state index is 13.3. The molecule has 1 aliphatic heterocycles. The summed E-state index contributed by atoms with van der Waals surface area (Å²) in [7, 11) is 3.26. The third-order valence-corrected chi connectivity index (χ3v) is 5.96. The number of nitrogens with zero attached hydrogens (tertiary/aromatic N) is 3. The molecule has 0 atom stereocenters. The second-order valence-corrected chi connectivity index (χ2v) is 8.80. The van der Waals surface area contributed by atoms with Crippen molar-refractivity contribution in [3.8, 4) is 17.2 Å². The SMILES string of the molecule is COc1cc(OC)cc(N(CCNC(C)C)c2ccc3ncc(OC4CCOCC4)c(=O)n3c2)c1. The third kappa shape index (κ3) is 6.04. The van der Waals surface area contributed by atoms with Crippen LogP contribution in [-0.2, 0) is 4.74 Å². The summed E-state index contributed by atoms with van der Waals surface area (Å²) in [5.41, 5.74) is 2.06. The van der Waals surface area contributed by atoms with E-state index in [0.717, 1.165) is 30.8 Å². The highest BCUT2D eigenvalue weighted by atomic mass is 16.5. The van der Waals surface area contributed by atoms with E-state index in [9.17, 15) is 4.79 Å². The predicted molar refractivity (Wildman–Crippen MR) is 136 cm³/mol. The number of pyridine rings is 1. The monoisotopic (exact) mass is 482 g/mol. The first-order valence-corrected chi connectivity index (χ1v) is 12.0. The smallest absolute Gasteiger partial charge is 0.300 e. The zero-order valence-electron chi connectivity index (χ0n) is 20.8. The van der Waals surface area contributed by atoms with E-state index in [-0.39, 0.29) is 17.4 Å². The largest absolute Gasteiger partial charge is 0.497 e. The van der Waals surface area contributed by atoms with Crippen molar-refractivity contribution in [1.29, 1.82) is 0 Å². The minimum absolute atomic E-state index is 0.0395. The molecular formula is C26H34N4O5. The van der Waals surface area contributed by atoms with Crippen LogP contribution in [0.3, 0.4) is 0 Å². The van der Waals surface area contributed by atoms with Crippen molar-refractivity contribution < 1.29 is 18.9 Å². The van der Waals surface area contributed by atoms with E-state index < -0.39 is 0 Å². The topological polar surface area (TPSA) is 86.6 Å². The molecule has 0 saturated carbocycles. The standard InChI is InChI=1S/C26H34N4O5/c1-18(2)27-9-10-29(20-13-22(32-3)15-23(14-20)33-4)19-5-6-25-28-16-24(26(31)30(25)17-19)35-21-7-11-34-12-8-21/h5-6,13-18,21,27H,7-12H2,1-4H3. The van der Waals surface area contributed by atoms with E-state index in [0.29, 0.717) is 42.9 Å². The van der Waals surface area contributed by atoms with Gasteiger partial charge in [-0.2, -0.15) is 0 Å². The van der Waals surface area contributed by atoms with Crippen LogP contribution in [0.4, 0.5) is 11.4 Å². The lowest BCUT2D eigenvalue weighted by Gasteiger charge is -2.27. The minimum Gasteiger partial charge on any atom is -0.497 e. The molecular weight excluding hydrogens is 448 g/mol. The minimum atomic E-state index is -0.230. The summed E-state index contributed by atoms with van der Waals surface area (Å²) >= 11 is 0. The number of anilines is 2. The predicted octanol–water partition coefficient (Wildman–Crippen LogP) is 3.41. The lowest BCUT2D eigenvalue weighted by molar-refractivity contribution is 0.0247. The fraction of sp³-hybridized carbons (Fsp3) is 0.462. The molecule has 2 aromatic heterocycles. The molecule has 3 heterocycles. The highest BCUT2D eigenvalue weighted by Gasteiger charge is 2.19. The Balaban J connectivity index is 1.72. The maximum absolute atomic E-state index is 13.3. The Morgan fingerprint density at radius 2 is 1.83 bits per heavy atom. The summed E-state index contributed by atoms with van der Waals surface area (Å²) in [5, 5.41) is 3.46. The summed E-state index contributed by atoms with van der Waals surface area (Å²) in [6.45, 7) is 6.91. The Kier molecular flexibility index (Phi) is 8.09. The van der Waals surface area contributed by atoms with Crippen molar-refractivity contribution in [3.63, 3.8) is 0 Å². The van der Waals surface area contributed by atoms with E-state index in [1.165, 1.54) is 6.20 Å². The normalized spacial score (nSPS) is 14.3. The number of methoxy groups -OCH3 is 2. The van der Waals surface area contributed by atoms with Crippen molar-refractivity contribution in [2.45, 2.75) is 38.8 Å². The van der Waals surface area contributed by atoms with E-state index in [1.807, 2.05) is 36.5 Å². The Labute approximate surface area is 205 Å². The number of hydrogen-bond donors (Lipinski definition) is 1. The Morgan fingerprint density at radius 1 is 1.11 bits per heavy atom. The summed E-state index contributed by atoms with van der Waals surface area (Å²) < 4.78 is 23.9. The van der Waals surface area contributed by atoms with Crippen LogP contribution in [-0.4, -0.2) is 62.1 Å². The van der Waals surface area contributed by atoms with Gasteiger partial charge in [-0.15, -0.1) is 0 Å². The molecule has 0 bridgehead atoms. The molecule has 35 heavy (non-hydrogen) atoms. The molecule has 1 saturated heterocycles. The van der Waals surface area contributed by atoms with Gasteiger partial charge in [-0.25, -0.2) is 4.98 Å². The van der Waals surface area contributed by atoms with E-state index in [1.54, 1.807) is 18.6 Å². The van der Waals surface area contributed by atoms with Gasteiger partial charge in [-0.1, -0.05) is 13.8 Å². The van der Waals surface area contributed by atoms with E-state index >= 15 is 0 Å². The molecule has 0 amide bonds. The molecule has 0 unspecified atom stereocenters. The van der Waals surface area contributed by atoms with Gasteiger partial charge < -0.3 is 29.2 Å². The molecule has 9 heteroatoms. The van der Waals surface area contributed by atoms with Gasteiger partial charge in [0.1, 0.15) is 23.3 Å². The molecule has 0 radical (unpaired) electrons. The first kappa shape index (κ1) is 24.8. The third-order valence-electron chi connectivity index (χ3n) is 5.96. The number of hydrogen-bond acceptors (Lipinski definition) is 8. The molecule has 0 spiro atoms. The van der Waals surface area contributed by atoms with Crippen LogP contribution in [0, 0.1) is 0 Å². The fourth-order valence-corrected chi connectivity index (χ4v) is 4.08. The quantitative estimate of drug-likeness (QED) is 0.471. The van der Waals surface area contributed by atoms with E-state index in [4.69, 9.17) is 18.9 Å². The molecule has 188 valence electrons. The van der Waals surface area contributed by atoms with Crippen LogP contribution in [0.5, 0.6) is 17.2 Å². The molecule has 0 aliphatic carbocycles. The number of benzene rings is 1. The zero-order chi connectivity index (χ0) is 24.8. The van der Waals surface area contributed by atoms with Crippen molar-refractivity contribution in [2.24, 2.45) is 0 Å². The van der Waals surface area contributed by atoms with Gasteiger partial charge in [0, 0.05) is 62.1 Å². The van der Waals surface area contributed by atoms with Crippen LogP contribution in [0.1, 0.15) is 26.7 Å². The van der Waals surface area contributed by atoms with Gasteiger partial charge in [0.15, 0.2) is 0 Å². The van der Waals surface area contributed by atoms with Gasteiger partial charge >= 0.3 is 0 Å². The van der Waals surface area contributed by atoms with Crippen LogP contribution < -0.4 is 30.0 Å². The summed E-state index contributed by atoms with van der Waals surface area (Å²) in [5.74, 6) is 1.63. The van der Waals surface area contributed by atoms with Crippen LogP contribution in [0.2, 0.25) is 0 Å². The Hall–Kier alpha value is -3.30. The fourth-order valence-electron chi connectivity index (χ4n) is 4.08. The summed E-state index contributed by atoms with van der Waals surface area (Å²) in [6.07, 6.45) is 4.81. The van der Waals surface area contributed by atoms with Crippen LogP contribution in [0.15, 0.2) is 47.5 Å². The van der Waals surface area contributed by atoms with Gasteiger partial charge in [0.25, 0.3) is 5.56 Å². The van der Waals surface area contributed by atoms with Gasteiger partial charge in [0.05, 0.1) is 39.3 Å². The molecule has 1 aliphatic rings. The number of nitrogens with one attached hydrogen (secondary N) is 1. The second kappa shape index (κ2) is 11.4. The first-order valence-electron chi connectivity index (χ1n) is 12.0. The zero-order valence-corrected chi connectivity index (χ0v) is 20.8. The average Bonchev–Trinajstić information content (AvgIpc) is 2.88. The van der Waals surface area contributed by atoms with E-state index in [2.05, 4.69) is 29.0 Å². The van der Waals surface area contributed by atoms with Gasteiger partial charge in [-0.05, 0) is 12.1 Å². The van der Waals surface area contributed by atoms with Crippen molar-refractivity contribution >= 4 is 17.0 Å².